The molecule has 0 spiro atoms. The van der Waals surface area contributed by atoms with E-state index in [1.807, 2.05) is 54.5 Å². The van der Waals surface area contributed by atoms with E-state index in [2.05, 4.69) is 20.8 Å². The van der Waals surface area contributed by atoms with Crippen LogP contribution in [-0.2, 0) is 0 Å². The van der Waals surface area contributed by atoms with Gasteiger partial charge in [-0.1, -0.05) is 11.6 Å². The van der Waals surface area contributed by atoms with Crippen LogP contribution in [0.3, 0.4) is 0 Å². The van der Waals surface area contributed by atoms with E-state index < -0.39 is 17.3 Å². The third-order valence-corrected chi connectivity index (χ3v) is 6.09. The lowest BCUT2D eigenvalue weighted by Gasteiger charge is -2.40. The molecule has 1 amide bonds. The fraction of sp³-hybridized carbons (Fsp3) is 0.591. The van der Waals surface area contributed by atoms with Crippen LogP contribution in [0.1, 0.15) is 48.5 Å². The van der Waals surface area contributed by atoms with Crippen molar-refractivity contribution in [1.82, 2.24) is 14.9 Å². The highest BCUT2D eigenvalue weighted by Crippen LogP contribution is 2.43. The number of carboxylic acid groups (broad SMARTS) is 1. The number of rotatable bonds is 3. The summed E-state index contributed by atoms with van der Waals surface area (Å²) >= 11 is 10.1. The maximum absolute atomic E-state index is 11.4. The molecule has 1 atom stereocenters. The molecule has 2 heterocycles. The molecular formula is C22H30BrClN4O4. The first-order chi connectivity index (χ1) is 14.7. The molecule has 2 aromatic rings. The number of nitrogens with zero attached hydrogens (tertiary/aromatic N) is 4. The van der Waals surface area contributed by atoms with E-state index in [1.165, 1.54) is 4.90 Å². The van der Waals surface area contributed by atoms with Gasteiger partial charge in [-0.15, -0.1) is 0 Å². The zero-order valence-electron chi connectivity index (χ0n) is 19.5. The quantitative estimate of drug-likeness (QED) is 0.554. The number of benzene rings is 1. The summed E-state index contributed by atoms with van der Waals surface area (Å²) < 4.78 is 12.9. The van der Waals surface area contributed by atoms with Crippen molar-refractivity contribution in [2.24, 2.45) is 0 Å². The predicted octanol–water partition coefficient (Wildman–Crippen LogP) is 5.59. The Balaban J connectivity index is 2.23. The lowest BCUT2D eigenvalue weighted by atomic mass is 10.1. The van der Waals surface area contributed by atoms with E-state index in [-0.39, 0.29) is 12.1 Å². The van der Waals surface area contributed by atoms with E-state index in [4.69, 9.17) is 31.0 Å². The van der Waals surface area contributed by atoms with Crippen LogP contribution in [-0.4, -0.2) is 62.9 Å². The molecule has 0 saturated carbocycles. The van der Waals surface area contributed by atoms with Gasteiger partial charge in [0.2, 0.25) is 0 Å². The Morgan fingerprint density at radius 1 is 1.16 bits per heavy atom. The summed E-state index contributed by atoms with van der Waals surface area (Å²) in [6.45, 7) is 14.8. The van der Waals surface area contributed by atoms with Gasteiger partial charge in [-0.3, -0.25) is 0 Å². The molecule has 8 nitrogen and oxygen atoms in total. The molecule has 32 heavy (non-hydrogen) atoms. The van der Waals surface area contributed by atoms with Crippen molar-refractivity contribution in [1.29, 1.82) is 0 Å². The lowest BCUT2D eigenvalue weighted by molar-refractivity contribution is 0.116. The van der Waals surface area contributed by atoms with Crippen molar-refractivity contribution in [2.75, 3.05) is 24.5 Å². The number of halogens is 2. The van der Waals surface area contributed by atoms with Gasteiger partial charge in [0.15, 0.2) is 5.75 Å². The Kier molecular flexibility index (Phi) is 6.73. The van der Waals surface area contributed by atoms with E-state index in [9.17, 15) is 9.90 Å². The fourth-order valence-corrected chi connectivity index (χ4v) is 4.11. The largest absolute Gasteiger partial charge is 0.485 e. The molecule has 1 fully saturated rings. The molecule has 0 bridgehead atoms. The van der Waals surface area contributed by atoms with Crippen LogP contribution in [0.2, 0.25) is 5.02 Å². The standard InChI is InChI=1S/C22H30BrClN4O4/c1-12-11-27(20(29)30)8-9-28(12)18-13-10-14(24)15(23)17(31-21(2,3)4)16(13)25-19(26-18)32-22(5,6)7/h10,12H,8-9,11H2,1-7H3,(H,29,30). The SMILES string of the molecule is CC1CN(C(=O)O)CCN1c1nc(OC(C)(C)C)nc2c(OC(C)(C)C)c(Br)c(Cl)cc12. The lowest BCUT2D eigenvalue weighted by Crippen LogP contribution is -2.53. The molecule has 10 heteroatoms. The first kappa shape index (κ1) is 24.6. The third-order valence-electron chi connectivity index (χ3n) is 4.78. The van der Waals surface area contributed by atoms with Crippen molar-refractivity contribution < 1.29 is 19.4 Å². The van der Waals surface area contributed by atoms with Crippen molar-refractivity contribution >= 4 is 50.3 Å². The van der Waals surface area contributed by atoms with Gasteiger partial charge in [-0.2, -0.15) is 9.97 Å². The molecule has 1 aliphatic rings. The van der Waals surface area contributed by atoms with Gasteiger partial charge in [-0.05, 0) is 70.5 Å². The predicted molar refractivity (Wildman–Crippen MR) is 129 cm³/mol. The highest BCUT2D eigenvalue weighted by Gasteiger charge is 2.31. The minimum absolute atomic E-state index is 0.102. The Morgan fingerprint density at radius 3 is 2.31 bits per heavy atom. The maximum atomic E-state index is 11.4. The van der Waals surface area contributed by atoms with Gasteiger partial charge in [0, 0.05) is 31.1 Å². The van der Waals surface area contributed by atoms with Crippen LogP contribution in [0.4, 0.5) is 10.6 Å². The highest BCUT2D eigenvalue weighted by atomic mass is 79.9. The summed E-state index contributed by atoms with van der Waals surface area (Å²) in [4.78, 5) is 24.4. The smallest absolute Gasteiger partial charge is 0.407 e. The Hall–Kier alpha value is -2.00. The summed E-state index contributed by atoms with van der Waals surface area (Å²) in [6.07, 6.45) is -0.923. The Bertz CT molecular complexity index is 1040. The summed E-state index contributed by atoms with van der Waals surface area (Å²) in [5, 5.41) is 10.6. The molecule has 1 N–H and O–H groups in total. The first-order valence-electron chi connectivity index (χ1n) is 10.5. The van der Waals surface area contributed by atoms with Crippen LogP contribution in [0, 0.1) is 0 Å². The molecule has 1 saturated heterocycles. The fourth-order valence-electron chi connectivity index (χ4n) is 3.53. The number of carbonyl (C=O) groups is 1. The van der Waals surface area contributed by atoms with Crippen LogP contribution >= 0.6 is 27.5 Å². The minimum atomic E-state index is -0.923. The van der Waals surface area contributed by atoms with Crippen LogP contribution < -0.4 is 14.4 Å². The van der Waals surface area contributed by atoms with Crippen LogP contribution in [0.25, 0.3) is 10.9 Å². The Labute approximate surface area is 202 Å². The molecule has 176 valence electrons. The number of anilines is 1. The van der Waals surface area contributed by atoms with Crippen molar-refractivity contribution in [3.63, 3.8) is 0 Å². The topological polar surface area (TPSA) is 88.0 Å². The second-order valence-corrected chi connectivity index (χ2v) is 11.1. The molecule has 0 aliphatic carbocycles. The van der Waals surface area contributed by atoms with Gasteiger partial charge < -0.3 is 24.4 Å². The van der Waals surface area contributed by atoms with Gasteiger partial charge in [0.1, 0.15) is 22.5 Å². The van der Waals surface area contributed by atoms with Crippen molar-refractivity contribution in [2.45, 2.75) is 65.7 Å². The van der Waals surface area contributed by atoms with E-state index in [1.54, 1.807) is 0 Å². The summed E-state index contributed by atoms with van der Waals surface area (Å²) in [5.74, 6) is 1.15. The number of hydrogen-bond donors (Lipinski definition) is 1. The molecular weight excluding hydrogens is 500 g/mol. The third kappa shape index (κ3) is 5.49. The number of amides is 1. The van der Waals surface area contributed by atoms with Crippen molar-refractivity contribution in [3.8, 4) is 11.8 Å². The van der Waals surface area contributed by atoms with E-state index in [0.717, 1.165) is 0 Å². The second kappa shape index (κ2) is 8.74. The number of fused-ring (bicyclic) bond motifs is 1. The molecule has 3 rings (SSSR count). The Morgan fingerprint density at radius 2 is 1.78 bits per heavy atom. The number of hydrogen-bond acceptors (Lipinski definition) is 6. The van der Waals surface area contributed by atoms with Gasteiger partial charge in [0.05, 0.1) is 9.50 Å². The van der Waals surface area contributed by atoms with Gasteiger partial charge in [0.25, 0.3) is 0 Å². The van der Waals surface area contributed by atoms with Gasteiger partial charge >= 0.3 is 12.1 Å². The molecule has 1 aliphatic heterocycles. The average molecular weight is 530 g/mol. The van der Waals surface area contributed by atoms with Crippen LogP contribution in [0.15, 0.2) is 10.5 Å². The molecule has 1 aromatic carbocycles. The molecule has 1 unspecified atom stereocenters. The number of aromatic nitrogens is 2. The highest BCUT2D eigenvalue weighted by molar-refractivity contribution is 9.10. The number of ether oxygens (including phenoxy) is 2. The summed E-state index contributed by atoms with van der Waals surface area (Å²) in [5.41, 5.74) is -0.419. The normalized spacial score (nSPS) is 17.6. The zero-order chi connectivity index (χ0) is 24.0. The first-order valence-corrected chi connectivity index (χ1v) is 11.7. The van der Waals surface area contributed by atoms with Crippen molar-refractivity contribution in [3.05, 3.63) is 15.6 Å². The second-order valence-electron chi connectivity index (χ2n) is 9.93. The summed E-state index contributed by atoms with van der Waals surface area (Å²) in [6, 6.07) is 1.93. The van der Waals surface area contributed by atoms with Crippen LogP contribution in [0.5, 0.6) is 11.8 Å². The minimum Gasteiger partial charge on any atom is -0.485 e. The zero-order valence-corrected chi connectivity index (χ0v) is 21.8. The van der Waals surface area contributed by atoms with Gasteiger partial charge in [-0.25, -0.2) is 4.79 Å². The monoisotopic (exact) mass is 528 g/mol. The van der Waals surface area contributed by atoms with E-state index in [0.29, 0.717) is 51.6 Å². The molecule has 1 aromatic heterocycles. The van der Waals surface area contributed by atoms with E-state index >= 15 is 0 Å². The molecule has 0 radical (unpaired) electrons. The maximum Gasteiger partial charge on any atom is 0.407 e. The number of piperazine rings is 1. The average Bonchev–Trinajstić information content (AvgIpc) is 2.63. The summed E-state index contributed by atoms with van der Waals surface area (Å²) in [7, 11) is 0.